The van der Waals surface area contributed by atoms with E-state index in [4.69, 9.17) is 5.26 Å². The smallest absolute Gasteiger partial charge is 0.124 e. The number of benzene rings is 2. The number of anilines is 1. The molecular formula is C16H12FN3. The van der Waals surface area contributed by atoms with Crippen LogP contribution in [0.25, 0.3) is 10.9 Å². The quantitative estimate of drug-likeness (QED) is 0.757. The molecule has 0 fully saturated rings. The predicted molar refractivity (Wildman–Crippen MR) is 76.7 cm³/mol. The summed E-state index contributed by atoms with van der Waals surface area (Å²) in [5.74, 6) is -0.404. The third-order valence-corrected chi connectivity index (χ3v) is 3.24. The van der Waals surface area contributed by atoms with E-state index in [0.717, 1.165) is 16.5 Å². The molecule has 20 heavy (non-hydrogen) atoms. The minimum atomic E-state index is -0.404. The summed E-state index contributed by atoms with van der Waals surface area (Å²) in [6.45, 7) is 0.568. The molecule has 0 saturated heterocycles. The molecule has 98 valence electrons. The Bertz CT molecular complexity index is 799. The van der Waals surface area contributed by atoms with Crippen molar-refractivity contribution in [2.75, 3.05) is 5.32 Å². The molecule has 3 rings (SSSR count). The second-order valence-electron chi connectivity index (χ2n) is 4.51. The monoisotopic (exact) mass is 265 g/mol. The molecule has 0 atom stereocenters. The highest BCUT2D eigenvalue weighted by atomic mass is 19.1. The first-order chi connectivity index (χ1) is 9.78. The van der Waals surface area contributed by atoms with Crippen molar-refractivity contribution in [2.45, 2.75) is 6.54 Å². The highest BCUT2D eigenvalue weighted by Crippen LogP contribution is 2.20. The molecule has 0 unspecified atom stereocenters. The zero-order valence-corrected chi connectivity index (χ0v) is 10.7. The van der Waals surface area contributed by atoms with Crippen molar-refractivity contribution in [1.29, 1.82) is 5.26 Å². The van der Waals surface area contributed by atoms with E-state index in [-0.39, 0.29) is 0 Å². The Morgan fingerprint density at radius 1 is 1.20 bits per heavy atom. The average molecular weight is 265 g/mol. The van der Waals surface area contributed by atoms with Crippen LogP contribution in [0.1, 0.15) is 11.1 Å². The summed E-state index contributed by atoms with van der Waals surface area (Å²) in [5.41, 5.74) is 3.11. The van der Waals surface area contributed by atoms with Crippen LogP contribution in [0.5, 0.6) is 0 Å². The summed E-state index contributed by atoms with van der Waals surface area (Å²) in [7, 11) is 0. The molecule has 3 nitrogen and oxygen atoms in total. The summed E-state index contributed by atoms with van der Waals surface area (Å²) in [6, 6.07) is 14.2. The van der Waals surface area contributed by atoms with E-state index >= 15 is 0 Å². The van der Waals surface area contributed by atoms with E-state index in [0.29, 0.717) is 17.8 Å². The molecule has 0 aliphatic rings. The number of nitrogens with zero attached hydrogens (tertiary/aromatic N) is 1. The van der Waals surface area contributed by atoms with Gasteiger partial charge in [0, 0.05) is 12.7 Å². The lowest BCUT2D eigenvalue weighted by Gasteiger charge is -2.09. The second-order valence-corrected chi connectivity index (χ2v) is 4.51. The standard InChI is InChI=1S/C16H12FN3/c17-14-4-5-15(13(8-14)9-18)20-10-12-3-1-2-11-6-7-19-16(11)12/h1-8,19-20H,10H2. The van der Waals surface area contributed by atoms with E-state index in [1.807, 2.05) is 36.5 Å². The fourth-order valence-electron chi connectivity index (χ4n) is 2.25. The van der Waals surface area contributed by atoms with Gasteiger partial charge in [-0.3, -0.25) is 0 Å². The molecule has 1 aromatic heterocycles. The van der Waals surface area contributed by atoms with E-state index in [1.54, 1.807) is 6.07 Å². The van der Waals surface area contributed by atoms with E-state index in [9.17, 15) is 4.39 Å². The first-order valence-corrected chi connectivity index (χ1v) is 6.26. The van der Waals surface area contributed by atoms with Gasteiger partial charge in [-0.05, 0) is 35.2 Å². The summed E-state index contributed by atoms with van der Waals surface area (Å²) in [4.78, 5) is 3.20. The van der Waals surface area contributed by atoms with Crippen LogP contribution < -0.4 is 5.32 Å². The highest BCUT2D eigenvalue weighted by molar-refractivity contribution is 5.82. The van der Waals surface area contributed by atoms with Crippen molar-refractivity contribution in [2.24, 2.45) is 0 Å². The molecule has 0 aliphatic carbocycles. The van der Waals surface area contributed by atoms with Gasteiger partial charge >= 0.3 is 0 Å². The fourth-order valence-corrected chi connectivity index (χ4v) is 2.25. The molecule has 2 N–H and O–H groups in total. The summed E-state index contributed by atoms with van der Waals surface area (Å²) >= 11 is 0. The van der Waals surface area contributed by atoms with Gasteiger partial charge in [-0.15, -0.1) is 0 Å². The summed E-state index contributed by atoms with van der Waals surface area (Å²) in [6.07, 6.45) is 1.90. The molecule has 0 amide bonds. The maximum absolute atomic E-state index is 13.1. The maximum atomic E-state index is 13.1. The van der Waals surface area contributed by atoms with Crippen LogP contribution in [0.2, 0.25) is 0 Å². The van der Waals surface area contributed by atoms with Gasteiger partial charge < -0.3 is 10.3 Å². The molecule has 2 aromatic carbocycles. The molecule has 0 radical (unpaired) electrons. The SMILES string of the molecule is N#Cc1cc(F)ccc1NCc1cccc2cc[nH]c12. The van der Waals surface area contributed by atoms with Crippen molar-refractivity contribution < 1.29 is 4.39 Å². The Morgan fingerprint density at radius 2 is 2.10 bits per heavy atom. The third kappa shape index (κ3) is 2.21. The fraction of sp³-hybridized carbons (Fsp3) is 0.0625. The molecule has 4 heteroatoms. The van der Waals surface area contributed by atoms with Gasteiger partial charge in [0.2, 0.25) is 0 Å². The first-order valence-electron chi connectivity index (χ1n) is 6.26. The lowest BCUT2D eigenvalue weighted by molar-refractivity contribution is 0.627. The number of hydrogen-bond acceptors (Lipinski definition) is 2. The zero-order chi connectivity index (χ0) is 13.9. The van der Waals surface area contributed by atoms with Crippen LogP contribution in [0.4, 0.5) is 10.1 Å². The van der Waals surface area contributed by atoms with Crippen LogP contribution in [0, 0.1) is 17.1 Å². The lowest BCUT2D eigenvalue weighted by Crippen LogP contribution is -2.02. The van der Waals surface area contributed by atoms with Crippen LogP contribution in [0.15, 0.2) is 48.7 Å². The number of halogens is 1. The summed E-state index contributed by atoms with van der Waals surface area (Å²) in [5, 5.41) is 13.3. The van der Waals surface area contributed by atoms with Crippen LogP contribution in [-0.4, -0.2) is 4.98 Å². The molecule has 1 heterocycles. The Balaban J connectivity index is 1.87. The number of hydrogen-bond donors (Lipinski definition) is 2. The average Bonchev–Trinajstić information content (AvgIpc) is 2.94. The van der Waals surface area contributed by atoms with Crippen molar-refractivity contribution in [3.05, 3.63) is 65.6 Å². The van der Waals surface area contributed by atoms with Gasteiger partial charge in [-0.1, -0.05) is 18.2 Å². The summed E-state index contributed by atoms with van der Waals surface area (Å²) < 4.78 is 13.1. The van der Waals surface area contributed by atoms with Gasteiger partial charge in [0.15, 0.2) is 0 Å². The zero-order valence-electron chi connectivity index (χ0n) is 10.7. The Kier molecular flexibility index (Phi) is 3.10. The number of nitriles is 1. The lowest BCUT2D eigenvalue weighted by atomic mass is 10.1. The van der Waals surface area contributed by atoms with Crippen molar-refractivity contribution in [3.8, 4) is 6.07 Å². The Morgan fingerprint density at radius 3 is 2.95 bits per heavy atom. The molecule has 0 spiro atoms. The van der Waals surface area contributed by atoms with Crippen LogP contribution >= 0.6 is 0 Å². The molecule has 0 saturated carbocycles. The van der Waals surface area contributed by atoms with E-state index < -0.39 is 5.82 Å². The number of H-pyrrole nitrogens is 1. The maximum Gasteiger partial charge on any atom is 0.124 e. The number of aromatic amines is 1. The largest absolute Gasteiger partial charge is 0.380 e. The molecule has 0 bridgehead atoms. The van der Waals surface area contributed by atoms with Crippen molar-refractivity contribution in [1.82, 2.24) is 4.98 Å². The van der Waals surface area contributed by atoms with Gasteiger partial charge in [0.1, 0.15) is 11.9 Å². The van der Waals surface area contributed by atoms with Crippen LogP contribution in [-0.2, 0) is 6.54 Å². The van der Waals surface area contributed by atoms with Gasteiger partial charge in [-0.25, -0.2) is 4.39 Å². The third-order valence-electron chi connectivity index (χ3n) is 3.24. The Hall–Kier alpha value is -2.80. The number of rotatable bonds is 3. The molecular weight excluding hydrogens is 253 g/mol. The topological polar surface area (TPSA) is 51.6 Å². The second kappa shape index (κ2) is 5.06. The highest BCUT2D eigenvalue weighted by Gasteiger charge is 2.05. The minimum Gasteiger partial charge on any atom is -0.380 e. The molecule has 3 aromatic rings. The normalized spacial score (nSPS) is 10.4. The number of fused-ring (bicyclic) bond motifs is 1. The van der Waals surface area contributed by atoms with Crippen molar-refractivity contribution >= 4 is 16.6 Å². The first kappa shape index (κ1) is 12.2. The minimum absolute atomic E-state index is 0.309. The number of nitrogens with one attached hydrogen (secondary N) is 2. The molecule has 0 aliphatic heterocycles. The Labute approximate surface area is 115 Å². The van der Waals surface area contributed by atoms with Gasteiger partial charge in [0.05, 0.1) is 16.8 Å². The van der Waals surface area contributed by atoms with Gasteiger partial charge in [0.25, 0.3) is 0 Å². The number of para-hydroxylation sites is 1. The van der Waals surface area contributed by atoms with E-state index in [2.05, 4.69) is 10.3 Å². The van der Waals surface area contributed by atoms with E-state index in [1.165, 1.54) is 12.1 Å². The van der Waals surface area contributed by atoms with Gasteiger partial charge in [-0.2, -0.15) is 5.26 Å². The number of aromatic nitrogens is 1. The predicted octanol–water partition coefficient (Wildman–Crippen LogP) is 3.79. The van der Waals surface area contributed by atoms with Crippen molar-refractivity contribution in [3.63, 3.8) is 0 Å². The van der Waals surface area contributed by atoms with Crippen LogP contribution in [0.3, 0.4) is 0 Å².